The predicted octanol–water partition coefficient (Wildman–Crippen LogP) is 3.16. The fraction of sp³-hybridized carbons (Fsp3) is 0.714. The van der Waals surface area contributed by atoms with E-state index >= 15 is 0 Å². The normalized spacial score (nSPS) is 24.3. The van der Waals surface area contributed by atoms with Crippen LogP contribution in [0.1, 0.15) is 26.7 Å². The molecule has 2 atom stereocenters. The molecule has 4 nitrogen and oxygen atoms in total. The molecule has 1 aromatic heterocycles. The zero-order chi connectivity index (χ0) is 15.5. The average Bonchev–Trinajstić information content (AvgIpc) is 2.81. The van der Waals surface area contributed by atoms with Crippen molar-refractivity contribution in [2.45, 2.75) is 30.9 Å². The summed E-state index contributed by atoms with van der Waals surface area (Å²) in [6.45, 7) is 8.31. The van der Waals surface area contributed by atoms with Gasteiger partial charge in [0.1, 0.15) is 4.21 Å². The maximum absolute atomic E-state index is 12.1. The first kappa shape index (κ1) is 17.4. The average molecular weight is 395 g/mol. The highest BCUT2D eigenvalue weighted by Crippen LogP contribution is 2.25. The van der Waals surface area contributed by atoms with Crippen LogP contribution in [-0.2, 0) is 10.0 Å². The van der Waals surface area contributed by atoms with E-state index in [-0.39, 0.29) is 0 Å². The van der Waals surface area contributed by atoms with Crippen molar-refractivity contribution in [1.29, 1.82) is 0 Å². The third-order valence-electron chi connectivity index (χ3n) is 3.70. The van der Waals surface area contributed by atoms with E-state index in [9.17, 15) is 8.42 Å². The molecule has 7 heteroatoms. The molecule has 2 unspecified atom stereocenters. The molecule has 1 fully saturated rings. The number of piperidine rings is 1. The van der Waals surface area contributed by atoms with Crippen LogP contribution in [0.4, 0.5) is 0 Å². The highest BCUT2D eigenvalue weighted by Gasteiger charge is 2.21. The Balaban J connectivity index is 1.74. The van der Waals surface area contributed by atoms with E-state index in [1.807, 2.05) is 0 Å². The molecule has 2 rings (SSSR count). The SMILES string of the molecule is CC1CC(C)CN(CCCNS(=O)(=O)c2ccc(Br)s2)C1. The van der Waals surface area contributed by atoms with Gasteiger partial charge in [0.25, 0.3) is 0 Å². The first-order valence-electron chi connectivity index (χ1n) is 7.34. The second kappa shape index (κ2) is 7.55. The Kier molecular flexibility index (Phi) is 6.25. The van der Waals surface area contributed by atoms with Gasteiger partial charge in [0, 0.05) is 19.6 Å². The topological polar surface area (TPSA) is 49.4 Å². The van der Waals surface area contributed by atoms with Gasteiger partial charge in [-0.05, 0) is 59.3 Å². The number of hydrogen-bond acceptors (Lipinski definition) is 4. The van der Waals surface area contributed by atoms with Crippen LogP contribution >= 0.6 is 27.3 Å². The van der Waals surface area contributed by atoms with Gasteiger partial charge in [-0.15, -0.1) is 11.3 Å². The van der Waals surface area contributed by atoms with Gasteiger partial charge in [-0.25, -0.2) is 13.1 Å². The molecular weight excluding hydrogens is 372 g/mol. The van der Waals surface area contributed by atoms with Crippen LogP contribution in [0.3, 0.4) is 0 Å². The summed E-state index contributed by atoms with van der Waals surface area (Å²) in [5.41, 5.74) is 0. The Labute approximate surface area is 140 Å². The van der Waals surface area contributed by atoms with Crippen molar-refractivity contribution in [3.63, 3.8) is 0 Å². The molecule has 120 valence electrons. The lowest BCUT2D eigenvalue weighted by Gasteiger charge is -2.34. The molecule has 0 aliphatic carbocycles. The molecule has 1 N–H and O–H groups in total. The Morgan fingerprint density at radius 2 is 2.00 bits per heavy atom. The Hall–Kier alpha value is 0.0500. The van der Waals surface area contributed by atoms with Gasteiger partial charge in [0.15, 0.2) is 0 Å². The smallest absolute Gasteiger partial charge is 0.250 e. The van der Waals surface area contributed by atoms with Gasteiger partial charge < -0.3 is 4.90 Å². The molecule has 21 heavy (non-hydrogen) atoms. The number of halogens is 1. The van der Waals surface area contributed by atoms with Crippen LogP contribution in [0.5, 0.6) is 0 Å². The van der Waals surface area contributed by atoms with E-state index in [2.05, 4.69) is 39.4 Å². The van der Waals surface area contributed by atoms with Crippen LogP contribution in [-0.4, -0.2) is 39.5 Å². The summed E-state index contributed by atoms with van der Waals surface area (Å²) in [4.78, 5) is 2.45. The fourth-order valence-electron chi connectivity index (χ4n) is 3.00. The van der Waals surface area contributed by atoms with Crippen LogP contribution in [0, 0.1) is 11.8 Å². The molecule has 1 aliphatic rings. The standard InChI is InChI=1S/C14H23BrN2O2S2/c1-11-8-12(2)10-17(9-11)7-3-6-16-21(18,19)14-5-4-13(15)20-14/h4-5,11-12,16H,3,6-10H2,1-2H3. The molecule has 1 aliphatic heterocycles. The monoisotopic (exact) mass is 394 g/mol. The second-order valence-corrected chi connectivity index (χ2v) is 10.5. The lowest BCUT2D eigenvalue weighted by Crippen LogP contribution is -2.40. The quantitative estimate of drug-likeness (QED) is 0.753. The summed E-state index contributed by atoms with van der Waals surface area (Å²) in [5, 5.41) is 0. The third-order valence-corrected chi connectivity index (χ3v) is 7.28. The summed E-state index contributed by atoms with van der Waals surface area (Å²) >= 11 is 4.53. The van der Waals surface area contributed by atoms with Crippen molar-refractivity contribution >= 4 is 37.3 Å². The number of likely N-dealkylation sites (tertiary alicyclic amines) is 1. The second-order valence-electron chi connectivity index (χ2n) is 6.02. The Bertz CT molecular complexity index is 549. The van der Waals surface area contributed by atoms with Gasteiger partial charge in [-0.1, -0.05) is 13.8 Å². The van der Waals surface area contributed by atoms with Crippen LogP contribution in [0.2, 0.25) is 0 Å². The highest BCUT2D eigenvalue weighted by atomic mass is 79.9. The molecule has 0 amide bonds. The molecule has 0 radical (unpaired) electrons. The van der Waals surface area contributed by atoms with Gasteiger partial charge >= 0.3 is 0 Å². The lowest BCUT2D eigenvalue weighted by atomic mass is 9.92. The number of hydrogen-bond donors (Lipinski definition) is 1. The molecule has 0 aromatic carbocycles. The summed E-state index contributed by atoms with van der Waals surface area (Å²) in [5.74, 6) is 1.49. The maximum atomic E-state index is 12.1. The molecule has 0 spiro atoms. The molecule has 1 aromatic rings. The Morgan fingerprint density at radius 3 is 2.57 bits per heavy atom. The Morgan fingerprint density at radius 1 is 1.33 bits per heavy atom. The number of rotatable bonds is 6. The molecule has 0 saturated carbocycles. The van der Waals surface area contributed by atoms with E-state index in [0.717, 1.165) is 41.7 Å². The third kappa shape index (κ3) is 5.32. The molecule has 0 bridgehead atoms. The van der Waals surface area contributed by atoms with Gasteiger partial charge in [-0.2, -0.15) is 0 Å². The maximum Gasteiger partial charge on any atom is 0.250 e. The van der Waals surface area contributed by atoms with Gasteiger partial charge in [0.05, 0.1) is 3.79 Å². The van der Waals surface area contributed by atoms with Crippen LogP contribution < -0.4 is 4.72 Å². The van der Waals surface area contributed by atoms with Crippen molar-refractivity contribution in [3.05, 3.63) is 15.9 Å². The van der Waals surface area contributed by atoms with Crippen molar-refractivity contribution in [2.75, 3.05) is 26.2 Å². The van der Waals surface area contributed by atoms with Crippen LogP contribution in [0.25, 0.3) is 0 Å². The van der Waals surface area contributed by atoms with E-state index < -0.39 is 10.0 Å². The van der Waals surface area contributed by atoms with Gasteiger partial charge in [-0.3, -0.25) is 0 Å². The van der Waals surface area contributed by atoms with Crippen molar-refractivity contribution in [1.82, 2.24) is 9.62 Å². The van der Waals surface area contributed by atoms with E-state index in [1.165, 1.54) is 17.8 Å². The van der Waals surface area contributed by atoms with Crippen molar-refractivity contribution < 1.29 is 8.42 Å². The lowest BCUT2D eigenvalue weighted by molar-refractivity contribution is 0.140. The summed E-state index contributed by atoms with van der Waals surface area (Å²) in [7, 11) is -3.34. The minimum atomic E-state index is -3.34. The highest BCUT2D eigenvalue weighted by molar-refractivity contribution is 9.11. The minimum Gasteiger partial charge on any atom is -0.303 e. The number of thiophene rings is 1. The largest absolute Gasteiger partial charge is 0.303 e. The molecular formula is C14H23BrN2O2S2. The number of nitrogens with zero attached hydrogens (tertiary/aromatic N) is 1. The van der Waals surface area contributed by atoms with E-state index in [1.54, 1.807) is 12.1 Å². The first-order chi connectivity index (χ1) is 9.87. The zero-order valence-electron chi connectivity index (χ0n) is 12.5. The number of nitrogens with one attached hydrogen (secondary N) is 1. The van der Waals surface area contributed by atoms with Crippen molar-refractivity contribution in [2.24, 2.45) is 11.8 Å². The molecule has 2 heterocycles. The van der Waals surface area contributed by atoms with E-state index in [4.69, 9.17) is 0 Å². The first-order valence-corrected chi connectivity index (χ1v) is 10.4. The zero-order valence-corrected chi connectivity index (χ0v) is 15.7. The predicted molar refractivity (Wildman–Crippen MR) is 91.2 cm³/mol. The van der Waals surface area contributed by atoms with E-state index in [0.29, 0.717) is 10.8 Å². The molecule has 1 saturated heterocycles. The summed E-state index contributed by atoms with van der Waals surface area (Å²) < 4.78 is 28.0. The fourth-order valence-corrected chi connectivity index (χ4v) is 6.13. The summed E-state index contributed by atoms with van der Waals surface area (Å²) in [6.07, 6.45) is 2.15. The minimum absolute atomic E-state index is 0.370. The van der Waals surface area contributed by atoms with Crippen molar-refractivity contribution in [3.8, 4) is 0 Å². The van der Waals surface area contributed by atoms with Crippen LogP contribution in [0.15, 0.2) is 20.1 Å². The summed E-state index contributed by atoms with van der Waals surface area (Å²) in [6, 6.07) is 3.39. The van der Waals surface area contributed by atoms with Gasteiger partial charge in [0.2, 0.25) is 10.0 Å². The number of sulfonamides is 1.